The Morgan fingerprint density at radius 1 is 1.28 bits per heavy atom. The highest BCUT2D eigenvalue weighted by atomic mass is 19.4. The van der Waals surface area contributed by atoms with E-state index in [1.165, 1.54) is 17.6 Å². The molecule has 1 aromatic carbocycles. The van der Waals surface area contributed by atoms with Crippen molar-refractivity contribution in [1.82, 2.24) is 15.7 Å². The van der Waals surface area contributed by atoms with Crippen LogP contribution in [-0.4, -0.2) is 65.5 Å². The summed E-state index contributed by atoms with van der Waals surface area (Å²) in [6, 6.07) is 5.99. The SMILES string of the molecule is CC(C)C[C@H](C(=O)N1CCNC[C@@]1(C)c1ccc(OCC(F)(F)F)cc1)[C@H](O)C(=O)NO. The first-order valence-electron chi connectivity index (χ1n) is 10.3. The van der Waals surface area contributed by atoms with Gasteiger partial charge in [0.2, 0.25) is 5.91 Å². The van der Waals surface area contributed by atoms with E-state index in [9.17, 15) is 27.9 Å². The molecule has 1 aliphatic heterocycles. The molecule has 2 rings (SSSR count). The molecule has 0 spiro atoms. The van der Waals surface area contributed by atoms with Gasteiger partial charge in [0, 0.05) is 19.6 Å². The zero-order chi connectivity index (χ0) is 24.1. The van der Waals surface area contributed by atoms with Crippen LogP contribution in [0.3, 0.4) is 0 Å². The summed E-state index contributed by atoms with van der Waals surface area (Å²) in [5.74, 6) is -2.55. The third-order valence-corrected chi connectivity index (χ3v) is 5.52. The van der Waals surface area contributed by atoms with Crippen LogP contribution in [0, 0.1) is 11.8 Å². The molecule has 0 saturated carbocycles. The number of ether oxygens (including phenoxy) is 1. The fourth-order valence-corrected chi connectivity index (χ4v) is 3.87. The number of halogens is 3. The summed E-state index contributed by atoms with van der Waals surface area (Å²) in [4.78, 5) is 26.9. The molecule has 4 N–H and O–H groups in total. The van der Waals surface area contributed by atoms with Crippen LogP contribution in [0.2, 0.25) is 0 Å². The predicted molar refractivity (Wildman–Crippen MR) is 109 cm³/mol. The van der Waals surface area contributed by atoms with Crippen molar-refractivity contribution in [1.29, 1.82) is 0 Å². The molecular formula is C21H30F3N3O5. The maximum absolute atomic E-state index is 13.5. The molecule has 11 heteroatoms. The van der Waals surface area contributed by atoms with Crippen molar-refractivity contribution in [2.45, 2.75) is 45.0 Å². The van der Waals surface area contributed by atoms with E-state index in [-0.39, 0.29) is 18.1 Å². The van der Waals surface area contributed by atoms with Crippen LogP contribution in [0.4, 0.5) is 13.2 Å². The van der Waals surface area contributed by atoms with E-state index in [0.717, 1.165) is 0 Å². The fourth-order valence-electron chi connectivity index (χ4n) is 3.87. The molecule has 3 atom stereocenters. The van der Waals surface area contributed by atoms with Gasteiger partial charge < -0.3 is 20.1 Å². The molecule has 1 saturated heterocycles. The predicted octanol–water partition coefficient (Wildman–Crippen LogP) is 1.80. The van der Waals surface area contributed by atoms with Gasteiger partial charge in [0.25, 0.3) is 5.91 Å². The second-order valence-electron chi connectivity index (χ2n) is 8.53. The van der Waals surface area contributed by atoms with Crippen LogP contribution in [0.1, 0.15) is 32.8 Å². The van der Waals surface area contributed by atoms with Crippen LogP contribution in [0.15, 0.2) is 24.3 Å². The van der Waals surface area contributed by atoms with Crippen molar-refractivity contribution in [3.05, 3.63) is 29.8 Å². The van der Waals surface area contributed by atoms with Crippen molar-refractivity contribution in [3.8, 4) is 5.75 Å². The van der Waals surface area contributed by atoms with Gasteiger partial charge in [-0.05, 0) is 37.0 Å². The molecule has 2 amide bonds. The van der Waals surface area contributed by atoms with Gasteiger partial charge in [-0.2, -0.15) is 13.2 Å². The third kappa shape index (κ3) is 6.33. The molecule has 0 radical (unpaired) electrons. The molecule has 1 aliphatic rings. The Morgan fingerprint density at radius 3 is 2.44 bits per heavy atom. The average molecular weight is 461 g/mol. The van der Waals surface area contributed by atoms with Gasteiger partial charge >= 0.3 is 6.18 Å². The van der Waals surface area contributed by atoms with Crippen LogP contribution in [0.25, 0.3) is 0 Å². The van der Waals surface area contributed by atoms with E-state index in [1.54, 1.807) is 24.0 Å². The summed E-state index contributed by atoms with van der Waals surface area (Å²) in [7, 11) is 0. The number of piperazine rings is 1. The van der Waals surface area contributed by atoms with Gasteiger partial charge in [0.1, 0.15) is 11.9 Å². The number of carbonyl (C=O) groups is 2. The second-order valence-corrected chi connectivity index (χ2v) is 8.53. The number of nitrogens with zero attached hydrogens (tertiary/aromatic N) is 1. The number of carbonyl (C=O) groups excluding carboxylic acids is 2. The van der Waals surface area contributed by atoms with Crippen molar-refractivity contribution < 1.29 is 37.8 Å². The monoisotopic (exact) mass is 461 g/mol. The maximum atomic E-state index is 13.5. The lowest BCUT2D eigenvalue weighted by Crippen LogP contribution is -2.62. The largest absolute Gasteiger partial charge is 0.484 e. The Morgan fingerprint density at radius 2 is 1.91 bits per heavy atom. The Bertz CT molecular complexity index is 788. The van der Waals surface area contributed by atoms with E-state index >= 15 is 0 Å². The quantitative estimate of drug-likeness (QED) is 0.347. The molecular weight excluding hydrogens is 431 g/mol. The number of benzene rings is 1. The minimum absolute atomic E-state index is 0.00988. The number of aliphatic hydroxyl groups excluding tert-OH is 1. The van der Waals surface area contributed by atoms with Gasteiger partial charge in [-0.15, -0.1) is 0 Å². The zero-order valence-corrected chi connectivity index (χ0v) is 18.3. The lowest BCUT2D eigenvalue weighted by Gasteiger charge is -2.47. The topological polar surface area (TPSA) is 111 Å². The lowest BCUT2D eigenvalue weighted by molar-refractivity contribution is -0.156. The Balaban J connectivity index is 2.31. The first-order chi connectivity index (χ1) is 14.9. The minimum Gasteiger partial charge on any atom is -0.484 e. The van der Waals surface area contributed by atoms with Gasteiger partial charge in [0.15, 0.2) is 6.61 Å². The minimum atomic E-state index is -4.45. The summed E-state index contributed by atoms with van der Waals surface area (Å²) < 4.78 is 41.9. The number of hydrogen-bond donors (Lipinski definition) is 4. The standard InChI is InChI=1S/C21H30F3N3O5/c1-13(2)10-16(17(28)18(29)26-31)19(30)27-9-8-25-11-20(27,3)14-4-6-15(7-5-14)32-12-21(22,23)24/h4-7,13,16-17,25,28,31H,8-12H2,1-3H3,(H,26,29)/t16-,17-,20-/m0/s1. The molecule has 32 heavy (non-hydrogen) atoms. The average Bonchev–Trinajstić information content (AvgIpc) is 2.74. The molecule has 0 unspecified atom stereocenters. The molecule has 0 aromatic heterocycles. The van der Waals surface area contributed by atoms with Gasteiger partial charge in [-0.3, -0.25) is 14.8 Å². The molecule has 0 aliphatic carbocycles. The van der Waals surface area contributed by atoms with Crippen LogP contribution in [0.5, 0.6) is 5.75 Å². The summed E-state index contributed by atoms with van der Waals surface area (Å²) in [6.07, 6.45) is -5.96. The number of aliphatic hydroxyl groups is 1. The molecule has 0 bridgehead atoms. The highest BCUT2D eigenvalue weighted by molar-refractivity contribution is 5.89. The number of hydrogen-bond acceptors (Lipinski definition) is 6. The molecule has 8 nitrogen and oxygen atoms in total. The Labute approximate surface area is 184 Å². The van der Waals surface area contributed by atoms with Gasteiger partial charge in [-0.25, -0.2) is 5.48 Å². The number of amides is 2. The maximum Gasteiger partial charge on any atom is 0.422 e. The van der Waals surface area contributed by atoms with Crippen molar-refractivity contribution in [2.24, 2.45) is 11.8 Å². The number of nitrogens with one attached hydrogen (secondary N) is 2. The van der Waals surface area contributed by atoms with E-state index < -0.39 is 42.2 Å². The van der Waals surface area contributed by atoms with E-state index in [2.05, 4.69) is 5.32 Å². The molecule has 1 heterocycles. The van der Waals surface area contributed by atoms with Crippen molar-refractivity contribution in [3.63, 3.8) is 0 Å². The Kier molecular flexibility index (Phi) is 8.49. The third-order valence-electron chi connectivity index (χ3n) is 5.52. The van der Waals surface area contributed by atoms with Crippen molar-refractivity contribution >= 4 is 11.8 Å². The van der Waals surface area contributed by atoms with Crippen LogP contribution in [-0.2, 0) is 15.1 Å². The summed E-state index contributed by atoms with van der Waals surface area (Å²) >= 11 is 0. The van der Waals surface area contributed by atoms with E-state index in [0.29, 0.717) is 25.2 Å². The Hall–Kier alpha value is -2.37. The number of hydroxylamine groups is 1. The highest BCUT2D eigenvalue weighted by Crippen LogP contribution is 2.34. The second kappa shape index (κ2) is 10.5. The van der Waals surface area contributed by atoms with Crippen molar-refractivity contribution in [2.75, 3.05) is 26.2 Å². The van der Waals surface area contributed by atoms with Gasteiger partial charge in [0.05, 0.1) is 11.5 Å². The molecule has 1 aromatic rings. The molecule has 1 fully saturated rings. The van der Waals surface area contributed by atoms with Gasteiger partial charge in [-0.1, -0.05) is 26.0 Å². The van der Waals surface area contributed by atoms with Crippen LogP contribution < -0.4 is 15.5 Å². The first-order valence-corrected chi connectivity index (χ1v) is 10.3. The van der Waals surface area contributed by atoms with E-state index in [4.69, 9.17) is 9.94 Å². The summed E-state index contributed by atoms with van der Waals surface area (Å²) in [5, 5.41) is 22.5. The number of alkyl halides is 3. The molecule has 180 valence electrons. The first kappa shape index (κ1) is 25.9. The lowest BCUT2D eigenvalue weighted by atomic mass is 9.84. The van der Waals surface area contributed by atoms with E-state index in [1.807, 2.05) is 13.8 Å². The highest BCUT2D eigenvalue weighted by Gasteiger charge is 2.44. The zero-order valence-electron chi connectivity index (χ0n) is 18.3. The fraction of sp³-hybridized carbons (Fsp3) is 0.619. The summed E-state index contributed by atoms with van der Waals surface area (Å²) in [5.41, 5.74) is 1.16. The van der Waals surface area contributed by atoms with Crippen LogP contribution >= 0.6 is 0 Å². The number of rotatable bonds is 8. The normalized spacial score (nSPS) is 21.2. The summed E-state index contributed by atoms with van der Waals surface area (Å²) in [6.45, 7) is 5.23. The smallest absolute Gasteiger partial charge is 0.422 e.